The van der Waals surface area contributed by atoms with Crippen LogP contribution in [0.1, 0.15) is 19.8 Å². The van der Waals surface area contributed by atoms with Crippen molar-refractivity contribution in [1.82, 2.24) is 5.43 Å². The molecule has 15 heavy (non-hydrogen) atoms. The van der Waals surface area contributed by atoms with Crippen LogP contribution in [0.3, 0.4) is 0 Å². The number of hydrogen-bond acceptors (Lipinski definition) is 4. The molecule has 2 atom stereocenters. The first-order valence-electron chi connectivity index (χ1n) is 4.60. The molecule has 0 radical (unpaired) electrons. The molecule has 0 saturated carbocycles. The highest BCUT2D eigenvalue weighted by atomic mass is 16.6. The molecule has 5 nitrogen and oxygen atoms in total. The molecule has 4 N–H and O–H groups in total. The Hall–Kier alpha value is -1.51. The Bertz CT molecular complexity index is 330. The highest BCUT2D eigenvalue weighted by molar-refractivity contribution is 5.66. The van der Waals surface area contributed by atoms with Crippen LogP contribution in [0.4, 0.5) is 4.79 Å². The second-order valence-electron chi connectivity index (χ2n) is 3.43. The van der Waals surface area contributed by atoms with Gasteiger partial charge in [-0.05, 0) is 12.5 Å². The molecule has 0 aromatic rings. The number of terminal acetylenes is 1. The summed E-state index contributed by atoms with van der Waals surface area (Å²) in [5.41, 5.74) is 3.31. The van der Waals surface area contributed by atoms with Gasteiger partial charge in [0.05, 0.1) is 6.10 Å². The van der Waals surface area contributed by atoms with Gasteiger partial charge in [-0.25, -0.2) is 10.6 Å². The fourth-order valence-corrected chi connectivity index (χ4v) is 1.55. The van der Waals surface area contributed by atoms with Gasteiger partial charge in [-0.2, -0.15) is 0 Å². The lowest BCUT2D eigenvalue weighted by Crippen LogP contribution is -2.37. The molecule has 1 amide bonds. The van der Waals surface area contributed by atoms with Gasteiger partial charge in [0.25, 0.3) is 0 Å². The summed E-state index contributed by atoms with van der Waals surface area (Å²) >= 11 is 0. The van der Waals surface area contributed by atoms with Crippen molar-refractivity contribution in [3.05, 3.63) is 11.1 Å². The number of hydrogen-bond donors (Lipinski definition) is 3. The Labute approximate surface area is 88.3 Å². The highest BCUT2D eigenvalue weighted by Gasteiger charge is 2.27. The van der Waals surface area contributed by atoms with E-state index < -0.39 is 18.3 Å². The summed E-state index contributed by atoms with van der Waals surface area (Å²) in [5, 5.41) is 9.64. The first-order valence-corrected chi connectivity index (χ1v) is 4.60. The Balaban J connectivity index is 2.69. The SMILES string of the molecule is C#CC1=C(C)[C@H](O)C[C@@H](OC(=O)NN)C1. The van der Waals surface area contributed by atoms with Gasteiger partial charge in [0, 0.05) is 18.4 Å². The second-order valence-corrected chi connectivity index (χ2v) is 3.43. The summed E-state index contributed by atoms with van der Waals surface area (Å²) in [7, 11) is 0. The van der Waals surface area contributed by atoms with E-state index in [1.807, 2.05) is 5.43 Å². The van der Waals surface area contributed by atoms with Crippen LogP contribution in [0.2, 0.25) is 0 Å². The van der Waals surface area contributed by atoms with Crippen molar-refractivity contribution >= 4 is 6.09 Å². The highest BCUT2D eigenvalue weighted by Crippen LogP contribution is 2.26. The van der Waals surface area contributed by atoms with E-state index in [4.69, 9.17) is 17.0 Å². The fourth-order valence-electron chi connectivity index (χ4n) is 1.55. The third kappa shape index (κ3) is 2.72. The summed E-state index contributed by atoms with van der Waals surface area (Å²) < 4.78 is 4.93. The average Bonchev–Trinajstić information content (AvgIpc) is 2.22. The number of aliphatic hydroxyl groups is 1. The molecule has 0 saturated heterocycles. The Morgan fingerprint density at radius 2 is 2.47 bits per heavy atom. The second kappa shape index (κ2) is 4.82. The number of hydrazine groups is 1. The monoisotopic (exact) mass is 210 g/mol. The largest absolute Gasteiger partial charge is 0.445 e. The summed E-state index contributed by atoms with van der Waals surface area (Å²) in [6, 6.07) is 0. The van der Waals surface area contributed by atoms with Gasteiger partial charge in [-0.3, -0.25) is 5.43 Å². The maximum Gasteiger partial charge on any atom is 0.421 e. The summed E-state index contributed by atoms with van der Waals surface area (Å²) in [6.45, 7) is 1.78. The topological polar surface area (TPSA) is 84.6 Å². The fraction of sp³-hybridized carbons (Fsp3) is 0.500. The Morgan fingerprint density at radius 1 is 1.80 bits per heavy atom. The van der Waals surface area contributed by atoms with Crippen LogP contribution in [0.5, 0.6) is 0 Å². The summed E-state index contributed by atoms with van der Waals surface area (Å²) in [4.78, 5) is 10.9. The zero-order valence-corrected chi connectivity index (χ0v) is 8.49. The van der Waals surface area contributed by atoms with Crippen LogP contribution in [0.15, 0.2) is 11.1 Å². The normalized spacial score (nSPS) is 25.7. The van der Waals surface area contributed by atoms with Crippen LogP contribution in [-0.2, 0) is 4.74 Å². The average molecular weight is 210 g/mol. The summed E-state index contributed by atoms with van der Waals surface area (Å²) in [5.74, 6) is 7.36. The van der Waals surface area contributed by atoms with E-state index in [-0.39, 0.29) is 0 Å². The number of amides is 1. The maximum atomic E-state index is 10.9. The lowest BCUT2D eigenvalue weighted by Gasteiger charge is -2.27. The first kappa shape index (κ1) is 11.6. The molecule has 0 spiro atoms. The molecule has 0 fully saturated rings. The van der Waals surface area contributed by atoms with E-state index in [0.29, 0.717) is 18.4 Å². The van der Waals surface area contributed by atoms with Gasteiger partial charge in [0.2, 0.25) is 0 Å². The molecule has 1 rings (SSSR count). The maximum absolute atomic E-state index is 10.9. The summed E-state index contributed by atoms with van der Waals surface area (Å²) in [6.07, 6.45) is 4.29. The molecular weight excluding hydrogens is 196 g/mol. The molecule has 0 bridgehead atoms. The van der Waals surface area contributed by atoms with E-state index >= 15 is 0 Å². The predicted octanol–water partition coefficient (Wildman–Crippen LogP) is 0.0593. The zero-order valence-electron chi connectivity index (χ0n) is 8.49. The van der Waals surface area contributed by atoms with Crippen LogP contribution in [0.25, 0.3) is 0 Å². The van der Waals surface area contributed by atoms with E-state index in [2.05, 4.69) is 5.92 Å². The molecule has 1 aliphatic carbocycles. The predicted molar refractivity (Wildman–Crippen MR) is 54.4 cm³/mol. The molecule has 1 aliphatic rings. The van der Waals surface area contributed by atoms with Gasteiger partial charge in [0.1, 0.15) is 6.10 Å². The number of rotatable bonds is 1. The van der Waals surface area contributed by atoms with Crippen LogP contribution < -0.4 is 11.3 Å². The first-order chi connectivity index (χ1) is 7.08. The van der Waals surface area contributed by atoms with Gasteiger partial charge in [0.15, 0.2) is 0 Å². The van der Waals surface area contributed by atoms with Crippen molar-refractivity contribution in [2.75, 3.05) is 0 Å². The van der Waals surface area contributed by atoms with E-state index in [0.717, 1.165) is 5.57 Å². The third-order valence-corrected chi connectivity index (χ3v) is 2.46. The number of nitrogens with two attached hydrogens (primary N) is 1. The third-order valence-electron chi connectivity index (χ3n) is 2.46. The minimum absolute atomic E-state index is 0.352. The lowest BCUT2D eigenvalue weighted by molar-refractivity contribution is 0.0572. The van der Waals surface area contributed by atoms with Crippen LogP contribution >= 0.6 is 0 Å². The smallest absolute Gasteiger partial charge is 0.421 e. The number of carbonyl (C=O) groups is 1. The van der Waals surface area contributed by atoms with Crippen molar-refractivity contribution in [1.29, 1.82) is 0 Å². The van der Waals surface area contributed by atoms with E-state index in [1.54, 1.807) is 6.92 Å². The van der Waals surface area contributed by atoms with Crippen molar-refractivity contribution in [3.8, 4) is 12.3 Å². The van der Waals surface area contributed by atoms with Crippen molar-refractivity contribution in [2.45, 2.75) is 32.0 Å². The van der Waals surface area contributed by atoms with Gasteiger partial charge in [-0.15, -0.1) is 6.42 Å². The quantitative estimate of drug-likeness (QED) is 0.247. The number of carbonyl (C=O) groups excluding carboxylic acids is 1. The van der Waals surface area contributed by atoms with Crippen molar-refractivity contribution < 1.29 is 14.6 Å². The van der Waals surface area contributed by atoms with Crippen molar-refractivity contribution in [2.24, 2.45) is 5.84 Å². The molecular formula is C10H14N2O3. The van der Waals surface area contributed by atoms with E-state index in [1.165, 1.54) is 0 Å². The molecule has 0 unspecified atom stereocenters. The Morgan fingerprint density at radius 3 is 3.00 bits per heavy atom. The van der Waals surface area contributed by atoms with Gasteiger partial charge >= 0.3 is 6.09 Å². The number of nitrogens with one attached hydrogen (secondary N) is 1. The zero-order chi connectivity index (χ0) is 11.4. The molecule has 5 heteroatoms. The Kier molecular flexibility index (Phi) is 3.72. The van der Waals surface area contributed by atoms with E-state index in [9.17, 15) is 9.90 Å². The van der Waals surface area contributed by atoms with Crippen LogP contribution in [-0.4, -0.2) is 23.4 Å². The minimum Gasteiger partial charge on any atom is -0.445 e. The minimum atomic E-state index is -0.719. The van der Waals surface area contributed by atoms with Gasteiger partial charge in [-0.1, -0.05) is 5.92 Å². The molecule has 0 aromatic heterocycles. The molecule has 82 valence electrons. The molecule has 0 aromatic carbocycles. The number of aliphatic hydroxyl groups excluding tert-OH is 1. The van der Waals surface area contributed by atoms with Crippen LogP contribution in [0, 0.1) is 12.3 Å². The van der Waals surface area contributed by atoms with Crippen molar-refractivity contribution in [3.63, 3.8) is 0 Å². The standard InChI is InChI=1S/C10H14N2O3/c1-3-7-4-8(15-10(14)12-11)5-9(13)6(7)2/h1,8-9,13H,4-5,11H2,2H3,(H,12,14)/t8-,9+/m0/s1. The van der Waals surface area contributed by atoms with Gasteiger partial charge < -0.3 is 9.84 Å². The lowest BCUT2D eigenvalue weighted by atomic mass is 9.89. The molecule has 0 aliphatic heterocycles. The molecule has 0 heterocycles. The number of ether oxygens (including phenoxy) is 1.